The molecule has 3 amide bonds. The molecule has 1 aliphatic rings. The lowest BCUT2D eigenvalue weighted by molar-refractivity contribution is -0.139. The number of imide groups is 1. The first-order valence-electron chi connectivity index (χ1n) is 7.71. The third kappa shape index (κ3) is 4.06. The lowest BCUT2D eigenvalue weighted by atomic mass is 10.2. The summed E-state index contributed by atoms with van der Waals surface area (Å²) in [5.41, 5.74) is 0.747. The Hall–Kier alpha value is -2.67. The van der Waals surface area contributed by atoms with Crippen molar-refractivity contribution in [1.29, 1.82) is 0 Å². The molecule has 7 heteroatoms. The van der Waals surface area contributed by atoms with Crippen LogP contribution in [0, 0.1) is 0 Å². The molecular weight excluding hydrogens is 388 g/mol. The largest absolute Gasteiger partial charge is 0.459 e. The predicted octanol–water partition coefficient (Wildman–Crippen LogP) is 2.96. The minimum atomic E-state index is -0.548. The second kappa shape index (κ2) is 7.48. The third-order valence-corrected chi connectivity index (χ3v) is 4.25. The van der Waals surface area contributed by atoms with Gasteiger partial charge in [0.2, 0.25) is 5.91 Å². The Kier molecular flexibility index (Phi) is 5.14. The number of hydrogen-bond donors (Lipinski definition) is 1. The van der Waals surface area contributed by atoms with Gasteiger partial charge in [-0.05, 0) is 42.3 Å². The van der Waals surface area contributed by atoms with Gasteiger partial charge in [-0.2, -0.15) is 0 Å². The molecule has 0 bridgehead atoms. The van der Waals surface area contributed by atoms with Crippen LogP contribution in [0.2, 0.25) is 0 Å². The Bertz CT molecular complexity index is 825. The Morgan fingerprint density at radius 2 is 1.96 bits per heavy atom. The van der Waals surface area contributed by atoms with Crippen LogP contribution < -0.4 is 5.32 Å². The molecule has 0 spiro atoms. The highest BCUT2D eigenvalue weighted by atomic mass is 79.9. The Morgan fingerprint density at radius 3 is 2.56 bits per heavy atom. The minimum Gasteiger partial charge on any atom is -0.459 e. The van der Waals surface area contributed by atoms with Gasteiger partial charge in [-0.25, -0.2) is 0 Å². The number of carbonyl (C=O) groups excluding carboxylic acids is 3. The van der Waals surface area contributed by atoms with Gasteiger partial charge >= 0.3 is 0 Å². The van der Waals surface area contributed by atoms with Gasteiger partial charge in [-0.3, -0.25) is 19.3 Å². The van der Waals surface area contributed by atoms with E-state index in [1.807, 2.05) is 12.1 Å². The van der Waals surface area contributed by atoms with Crippen LogP contribution in [0.15, 0.2) is 57.2 Å². The lowest BCUT2D eigenvalue weighted by Gasteiger charge is -2.16. The van der Waals surface area contributed by atoms with E-state index in [9.17, 15) is 14.4 Å². The van der Waals surface area contributed by atoms with Crippen molar-refractivity contribution in [2.75, 3.05) is 6.54 Å². The highest BCUT2D eigenvalue weighted by molar-refractivity contribution is 9.10. The molecule has 3 rings (SSSR count). The van der Waals surface area contributed by atoms with E-state index in [1.54, 1.807) is 24.3 Å². The summed E-state index contributed by atoms with van der Waals surface area (Å²) in [4.78, 5) is 38.0. The zero-order valence-corrected chi connectivity index (χ0v) is 14.8. The molecule has 1 aromatic carbocycles. The van der Waals surface area contributed by atoms with Gasteiger partial charge in [-0.1, -0.05) is 28.1 Å². The summed E-state index contributed by atoms with van der Waals surface area (Å²) in [6.45, 7) is 0.353. The number of furan rings is 1. The second-order valence-electron chi connectivity index (χ2n) is 5.50. The van der Waals surface area contributed by atoms with E-state index in [1.165, 1.54) is 12.3 Å². The molecular formula is C18H15BrN2O4. The van der Waals surface area contributed by atoms with Crippen molar-refractivity contribution in [3.05, 3.63) is 64.2 Å². The molecule has 0 atom stereocenters. The van der Waals surface area contributed by atoms with E-state index >= 15 is 0 Å². The number of nitrogens with zero attached hydrogens (tertiary/aromatic N) is 1. The fourth-order valence-corrected chi connectivity index (χ4v) is 2.74. The fraction of sp³-hybridized carbons (Fsp3) is 0.167. The maximum Gasteiger partial charge on any atom is 0.291 e. The van der Waals surface area contributed by atoms with Crippen LogP contribution >= 0.6 is 15.9 Å². The molecule has 128 valence electrons. The standard InChI is InChI=1S/C18H15BrN2O4/c19-13-7-5-12(6-8-13)11-14(18(24)21-9-1-4-16(21)22)20-17(23)15-3-2-10-25-15/h2-3,5-8,10-11H,1,4,9H2,(H,20,23). The summed E-state index contributed by atoms with van der Waals surface area (Å²) >= 11 is 3.35. The molecule has 1 N–H and O–H groups in total. The molecule has 25 heavy (non-hydrogen) atoms. The quantitative estimate of drug-likeness (QED) is 0.797. The zero-order chi connectivity index (χ0) is 17.8. The Balaban J connectivity index is 1.89. The van der Waals surface area contributed by atoms with E-state index in [0.717, 1.165) is 14.9 Å². The molecule has 2 heterocycles. The summed E-state index contributed by atoms with van der Waals surface area (Å²) < 4.78 is 5.95. The number of nitrogens with one attached hydrogen (secondary N) is 1. The van der Waals surface area contributed by atoms with Crippen LogP contribution in [0.3, 0.4) is 0 Å². The van der Waals surface area contributed by atoms with Crippen molar-refractivity contribution in [3.63, 3.8) is 0 Å². The molecule has 0 aliphatic carbocycles. The topological polar surface area (TPSA) is 79.6 Å². The molecule has 2 aromatic rings. The summed E-state index contributed by atoms with van der Waals surface area (Å²) in [6, 6.07) is 10.3. The van der Waals surface area contributed by atoms with Crippen LogP contribution in [0.25, 0.3) is 6.08 Å². The van der Waals surface area contributed by atoms with E-state index in [2.05, 4.69) is 21.2 Å². The summed E-state index contributed by atoms with van der Waals surface area (Å²) in [5, 5.41) is 2.55. The maximum absolute atomic E-state index is 12.7. The molecule has 6 nitrogen and oxygen atoms in total. The SMILES string of the molecule is O=C(NC(=Cc1ccc(Br)cc1)C(=O)N1CCCC1=O)c1ccco1. The third-order valence-electron chi connectivity index (χ3n) is 3.72. The zero-order valence-electron chi connectivity index (χ0n) is 13.2. The van der Waals surface area contributed by atoms with Gasteiger partial charge in [0.05, 0.1) is 6.26 Å². The monoisotopic (exact) mass is 402 g/mol. The van der Waals surface area contributed by atoms with Crippen molar-refractivity contribution in [2.24, 2.45) is 0 Å². The van der Waals surface area contributed by atoms with Crippen LogP contribution in [0.4, 0.5) is 0 Å². The maximum atomic E-state index is 12.7. The van der Waals surface area contributed by atoms with Crippen molar-refractivity contribution in [1.82, 2.24) is 10.2 Å². The van der Waals surface area contributed by atoms with Crippen molar-refractivity contribution < 1.29 is 18.8 Å². The first kappa shape index (κ1) is 17.2. The highest BCUT2D eigenvalue weighted by Crippen LogP contribution is 2.17. The number of hydrogen-bond acceptors (Lipinski definition) is 4. The van der Waals surface area contributed by atoms with Crippen LogP contribution in [-0.2, 0) is 9.59 Å². The molecule has 0 unspecified atom stereocenters. The molecule has 0 saturated carbocycles. The number of halogens is 1. The smallest absolute Gasteiger partial charge is 0.291 e. The van der Waals surface area contributed by atoms with Crippen molar-refractivity contribution in [2.45, 2.75) is 12.8 Å². The lowest BCUT2D eigenvalue weighted by Crippen LogP contribution is -2.39. The van der Waals surface area contributed by atoms with Gasteiger partial charge in [0.15, 0.2) is 5.76 Å². The molecule has 1 saturated heterocycles. The number of benzene rings is 1. The average Bonchev–Trinajstić information content (AvgIpc) is 3.27. The first-order chi connectivity index (χ1) is 12.0. The van der Waals surface area contributed by atoms with Crippen LogP contribution in [0.5, 0.6) is 0 Å². The fourth-order valence-electron chi connectivity index (χ4n) is 2.48. The second-order valence-corrected chi connectivity index (χ2v) is 6.41. The molecule has 1 aliphatic heterocycles. The Labute approximate surface area is 152 Å². The highest BCUT2D eigenvalue weighted by Gasteiger charge is 2.29. The normalized spacial score (nSPS) is 14.7. The summed E-state index contributed by atoms with van der Waals surface area (Å²) in [7, 11) is 0. The van der Waals surface area contributed by atoms with E-state index in [0.29, 0.717) is 19.4 Å². The number of likely N-dealkylation sites (tertiary alicyclic amines) is 1. The summed E-state index contributed by atoms with van der Waals surface area (Å²) in [6.07, 6.45) is 3.88. The van der Waals surface area contributed by atoms with Crippen molar-refractivity contribution in [3.8, 4) is 0 Å². The molecule has 0 radical (unpaired) electrons. The minimum absolute atomic E-state index is 0.0268. The summed E-state index contributed by atoms with van der Waals surface area (Å²) in [5.74, 6) is -1.22. The van der Waals surface area contributed by atoms with Gasteiger partial charge < -0.3 is 9.73 Å². The van der Waals surface area contributed by atoms with Crippen LogP contribution in [0.1, 0.15) is 29.0 Å². The van der Waals surface area contributed by atoms with Crippen molar-refractivity contribution >= 4 is 39.7 Å². The van der Waals surface area contributed by atoms with E-state index in [-0.39, 0.29) is 17.4 Å². The first-order valence-corrected chi connectivity index (χ1v) is 8.51. The number of rotatable bonds is 4. The molecule has 1 fully saturated rings. The van der Waals surface area contributed by atoms with Crippen LogP contribution in [-0.4, -0.2) is 29.2 Å². The van der Waals surface area contributed by atoms with E-state index in [4.69, 9.17) is 4.42 Å². The number of carbonyl (C=O) groups is 3. The Morgan fingerprint density at radius 1 is 1.20 bits per heavy atom. The van der Waals surface area contributed by atoms with Gasteiger partial charge in [0, 0.05) is 17.4 Å². The van der Waals surface area contributed by atoms with Gasteiger partial charge in [0.25, 0.3) is 11.8 Å². The number of amides is 3. The average molecular weight is 403 g/mol. The molecule has 1 aromatic heterocycles. The van der Waals surface area contributed by atoms with E-state index < -0.39 is 11.8 Å². The van der Waals surface area contributed by atoms with Gasteiger partial charge in [-0.15, -0.1) is 0 Å². The predicted molar refractivity (Wildman–Crippen MR) is 94.2 cm³/mol. The van der Waals surface area contributed by atoms with Gasteiger partial charge in [0.1, 0.15) is 5.70 Å².